The van der Waals surface area contributed by atoms with Gasteiger partial charge in [0.05, 0.1) is 21.7 Å². The molecule has 1 aliphatic rings. The van der Waals surface area contributed by atoms with Crippen LogP contribution in [0.1, 0.15) is 31.4 Å². The summed E-state index contributed by atoms with van der Waals surface area (Å²) in [6.07, 6.45) is 1.79. The fourth-order valence-corrected chi connectivity index (χ4v) is 6.22. The van der Waals surface area contributed by atoms with E-state index in [9.17, 15) is 13.2 Å². The van der Waals surface area contributed by atoms with Crippen molar-refractivity contribution in [2.45, 2.75) is 38.3 Å². The Kier molecular flexibility index (Phi) is 9.16. The predicted octanol–water partition coefficient (Wildman–Crippen LogP) is 4.92. The Hall–Kier alpha value is -1.35. The summed E-state index contributed by atoms with van der Waals surface area (Å²) in [5, 5.41) is 1.48. The summed E-state index contributed by atoms with van der Waals surface area (Å²) in [6.45, 7) is 6.59. The van der Waals surface area contributed by atoms with Crippen LogP contribution in [0.15, 0.2) is 42.5 Å². The lowest BCUT2D eigenvalue weighted by molar-refractivity contribution is -0.136. The Morgan fingerprint density at radius 3 is 2.31 bits per heavy atom. The number of likely N-dealkylation sites (N-methyl/N-ethyl adjacent to an activating group) is 1. The fourth-order valence-electron chi connectivity index (χ4n) is 4.66. The van der Waals surface area contributed by atoms with E-state index in [0.29, 0.717) is 54.2 Å². The molecule has 1 unspecified atom stereocenters. The Bertz CT molecular complexity index is 1160. The van der Waals surface area contributed by atoms with E-state index in [1.165, 1.54) is 10.6 Å². The number of benzene rings is 2. The number of rotatable bonds is 8. The Balaban J connectivity index is 1.81. The Morgan fingerprint density at radius 2 is 1.74 bits per heavy atom. The third-order valence-electron chi connectivity index (χ3n) is 6.71. The minimum atomic E-state index is -3.24. The highest BCUT2D eigenvalue weighted by molar-refractivity contribution is 7.88. The van der Waals surface area contributed by atoms with E-state index in [0.717, 1.165) is 11.1 Å². The maximum atomic E-state index is 13.9. The Morgan fingerprint density at radius 1 is 1.09 bits per heavy atom. The molecule has 0 aromatic heterocycles. The molecule has 1 fully saturated rings. The van der Waals surface area contributed by atoms with Gasteiger partial charge < -0.3 is 9.80 Å². The number of piperazine rings is 1. The van der Waals surface area contributed by atoms with Crippen LogP contribution in [0.4, 0.5) is 0 Å². The second-order valence-corrected chi connectivity index (χ2v) is 12.7. The number of hydrogen-bond donors (Lipinski definition) is 0. The zero-order valence-electron chi connectivity index (χ0n) is 20.5. The van der Waals surface area contributed by atoms with E-state index in [4.69, 9.17) is 34.8 Å². The first-order valence-electron chi connectivity index (χ1n) is 11.5. The summed E-state index contributed by atoms with van der Waals surface area (Å²) in [5.41, 5.74) is 0.919. The Labute approximate surface area is 223 Å². The molecule has 1 aliphatic heterocycles. The van der Waals surface area contributed by atoms with E-state index in [1.54, 1.807) is 24.1 Å². The molecule has 3 rings (SSSR count). The van der Waals surface area contributed by atoms with Crippen LogP contribution >= 0.6 is 34.8 Å². The minimum Gasteiger partial charge on any atom is -0.341 e. The van der Waals surface area contributed by atoms with E-state index >= 15 is 0 Å². The van der Waals surface area contributed by atoms with E-state index in [-0.39, 0.29) is 11.9 Å². The van der Waals surface area contributed by atoms with Gasteiger partial charge in [-0.25, -0.2) is 8.42 Å². The van der Waals surface area contributed by atoms with Gasteiger partial charge in [0.15, 0.2) is 0 Å². The molecule has 0 radical (unpaired) electrons. The van der Waals surface area contributed by atoms with Gasteiger partial charge >= 0.3 is 0 Å². The van der Waals surface area contributed by atoms with E-state index in [2.05, 4.69) is 4.90 Å². The van der Waals surface area contributed by atoms with Crippen molar-refractivity contribution in [2.75, 3.05) is 39.5 Å². The van der Waals surface area contributed by atoms with Crippen molar-refractivity contribution in [3.63, 3.8) is 0 Å². The normalized spacial score (nSPS) is 19.3. The third-order valence-corrected chi connectivity index (χ3v) is 9.10. The SMILES string of the molecule is C[C@@H]1CN(CCC(C)(C(=O)N(C)Cc2ccc(Cl)cc2)c2ccc(Cl)c(Cl)c2)CCN1S(C)(=O)=O. The highest BCUT2D eigenvalue weighted by Crippen LogP contribution is 2.35. The van der Waals surface area contributed by atoms with Crippen molar-refractivity contribution >= 4 is 50.7 Å². The third kappa shape index (κ3) is 6.90. The average molecular weight is 561 g/mol. The first-order valence-corrected chi connectivity index (χ1v) is 14.4. The lowest BCUT2D eigenvalue weighted by Crippen LogP contribution is -2.54. The molecule has 0 bridgehead atoms. The van der Waals surface area contributed by atoms with Gasteiger partial charge in [0, 0.05) is 44.3 Å². The van der Waals surface area contributed by atoms with Gasteiger partial charge in [0.1, 0.15) is 0 Å². The summed E-state index contributed by atoms with van der Waals surface area (Å²) in [4.78, 5) is 17.8. The standard InChI is InChI=1S/C25H32Cl3N3O3S/c1-18-16-30(13-14-31(18)35(4,33)34)12-11-25(2,20-7-10-22(27)23(28)15-20)24(32)29(3)17-19-5-8-21(26)9-6-19/h5-10,15,18H,11-14,16-17H2,1-4H3/t18-,25?/m1/s1. The number of hydrogen-bond acceptors (Lipinski definition) is 4. The second-order valence-electron chi connectivity index (χ2n) is 9.52. The largest absolute Gasteiger partial charge is 0.341 e. The number of carbonyl (C=O) groups excluding carboxylic acids is 1. The molecule has 0 spiro atoms. The van der Waals surface area contributed by atoms with Crippen LogP contribution in [0, 0.1) is 0 Å². The van der Waals surface area contributed by atoms with Crippen LogP contribution in [0.25, 0.3) is 0 Å². The molecule has 1 heterocycles. The molecular weight excluding hydrogens is 529 g/mol. The van der Waals surface area contributed by atoms with Crippen molar-refractivity contribution in [2.24, 2.45) is 0 Å². The van der Waals surface area contributed by atoms with Gasteiger partial charge in [0.25, 0.3) is 0 Å². The van der Waals surface area contributed by atoms with Crippen molar-refractivity contribution < 1.29 is 13.2 Å². The van der Waals surface area contributed by atoms with Crippen molar-refractivity contribution in [3.8, 4) is 0 Å². The molecule has 0 aliphatic carbocycles. The molecule has 10 heteroatoms. The number of amides is 1. The molecular formula is C25H32Cl3N3O3S. The monoisotopic (exact) mass is 559 g/mol. The molecule has 0 N–H and O–H groups in total. The number of halogens is 3. The zero-order valence-corrected chi connectivity index (χ0v) is 23.6. The van der Waals surface area contributed by atoms with Crippen molar-refractivity contribution in [3.05, 3.63) is 68.7 Å². The van der Waals surface area contributed by atoms with Crippen molar-refractivity contribution in [1.29, 1.82) is 0 Å². The number of carbonyl (C=O) groups is 1. The summed E-state index contributed by atoms with van der Waals surface area (Å²) < 4.78 is 25.6. The predicted molar refractivity (Wildman–Crippen MR) is 144 cm³/mol. The lowest BCUT2D eigenvalue weighted by Gasteiger charge is -2.40. The molecule has 0 saturated carbocycles. The number of sulfonamides is 1. The fraction of sp³-hybridized carbons (Fsp3) is 0.480. The highest BCUT2D eigenvalue weighted by Gasteiger charge is 2.39. The first kappa shape index (κ1) is 28.2. The molecule has 1 saturated heterocycles. The van der Waals surface area contributed by atoms with E-state index in [1.807, 2.05) is 44.2 Å². The molecule has 2 aromatic rings. The first-order chi connectivity index (χ1) is 16.3. The molecule has 35 heavy (non-hydrogen) atoms. The minimum absolute atomic E-state index is 0.0336. The molecule has 2 atom stereocenters. The maximum Gasteiger partial charge on any atom is 0.233 e. The van der Waals surface area contributed by atoms with Crippen LogP contribution in [0.5, 0.6) is 0 Å². The molecule has 6 nitrogen and oxygen atoms in total. The zero-order chi connectivity index (χ0) is 26.0. The maximum absolute atomic E-state index is 13.9. The quantitative estimate of drug-likeness (QED) is 0.460. The topological polar surface area (TPSA) is 60.9 Å². The second kappa shape index (κ2) is 11.4. The summed E-state index contributed by atoms with van der Waals surface area (Å²) in [5.74, 6) is -0.0336. The van der Waals surface area contributed by atoms with Gasteiger partial charge in [-0.3, -0.25) is 4.79 Å². The van der Waals surface area contributed by atoms with Gasteiger partial charge in [0.2, 0.25) is 15.9 Å². The van der Waals surface area contributed by atoms with Crippen LogP contribution in [0.3, 0.4) is 0 Å². The van der Waals surface area contributed by atoms with Crippen LogP contribution < -0.4 is 0 Å². The smallest absolute Gasteiger partial charge is 0.233 e. The lowest BCUT2D eigenvalue weighted by atomic mass is 9.77. The summed E-state index contributed by atoms with van der Waals surface area (Å²) >= 11 is 18.5. The molecule has 192 valence electrons. The van der Waals surface area contributed by atoms with Crippen LogP contribution in [0.2, 0.25) is 15.1 Å². The van der Waals surface area contributed by atoms with Gasteiger partial charge in [-0.2, -0.15) is 4.31 Å². The number of nitrogens with zero attached hydrogens (tertiary/aromatic N) is 3. The van der Waals surface area contributed by atoms with Gasteiger partial charge in [-0.05, 0) is 62.2 Å². The van der Waals surface area contributed by atoms with E-state index < -0.39 is 15.4 Å². The van der Waals surface area contributed by atoms with Crippen LogP contribution in [-0.4, -0.2) is 74.0 Å². The summed E-state index contributed by atoms with van der Waals surface area (Å²) in [7, 11) is -1.45. The van der Waals surface area contributed by atoms with Gasteiger partial charge in [-0.1, -0.05) is 53.0 Å². The molecule has 2 aromatic carbocycles. The van der Waals surface area contributed by atoms with Gasteiger partial charge in [-0.15, -0.1) is 0 Å². The molecule has 1 amide bonds. The summed E-state index contributed by atoms with van der Waals surface area (Å²) in [6, 6.07) is 12.6. The highest BCUT2D eigenvalue weighted by atomic mass is 35.5. The average Bonchev–Trinajstić information content (AvgIpc) is 2.79. The van der Waals surface area contributed by atoms with Crippen molar-refractivity contribution in [1.82, 2.24) is 14.1 Å². The van der Waals surface area contributed by atoms with Crippen LogP contribution in [-0.2, 0) is 26.8 Å².